The molecular weight excluding hydrogens is 481 g/mol. The van der Waals surface area contributed by atoms with E-state index in [0.717, 1.165) is 0 Å². The first-order valence-electron chi connectivity index (χ1n) is 14.1. The van der Waals surface area contributed by atoms with Gasteiger partial charge in [-0.3, -0.25) is 0 Å². The van der Waals surface area contributed by atoms with Gasteiger partial charge in [-0.2, -0.15) is 0 Å². The van der Waals surface area contributed by atoms with E-state index in [1.165, 1.54) is 130 Å². The largest absolute Gasteiger partial charge is 0.140 e. The molecule has 0 amide bonds. The third-order valence-electron chi connectivity index (χ3n) is 7.40. The zero-order valence-corrected chi connectivity index (χ0v) is 24.0. The Labute approximate surface area is 223 Å². The molecule has 0 saturated carbocycles. The van der Waals surface area contributed by atoms with Crippen LogP contribution in [-0.2, 0) is 12.8 Å². The molecule has 0 aliphatic heterocycles. The van der Waals surface area contributed by atoms with Gasteiger partial charge < -0.3 is 0 Å². The molecule has 0 nitrogen and oxygen atoms in total. The van der Waals surface area contributed by atoms with Gasteiger partial charge in [0.1, 0.15) is 0 Å². The second kappa shape index (κ2) is 12.2. The number of thiophene rings is 3. The maximum Gasteiger partial charge on any atom is 0.0369 e. The van der Waals surface area contributed by atoms with Gasteiger partial charge >= 0.3 is 0 Å². The minimum Gasteiger partial charge on any atom is -0.140 e. The van der Waals surface area contributed by atoms with E-state index in [1.807, 2.05) is 34.0 Å². The Morgan fingerprint density at radius 1 is 0.429 bits per heavy atom. The molecule has 0 aliphatic carbocycles. The molecule has 3 heteroatoms. The van der Waals surface area contributed by atoms with Gasteiger partial charge in [0.25, 0.3) is 0 Å². The summed E-state index contributed by atoms with van der Waals surface area (Å²) in [6.07, 6.45) is 19.0. The third-order valence-corrected chi connectivity index (χ3v) is 10.8. The minimum atomic E-state index is 1.25. The van der Waals surface area contributed by atoms with Gasteiger partial charge in [0, 0.05) is 39.3 Å². The van der Waals surface area contributed by atoms with E-state index in [0.29, 0.717) is 0 Å². The van der Waals surface area contributed by atoms with Gasteiger partial charge in [-0.15, -0.1) is 34.0 Å². The van der Waals surface area contributed by atoms with E-state index in [2.05, 4.69) is 50.2 Å². The van der Waals surface area contributed by atoms with Gasteiger partial charge in [0.2, 0.25) is 0 Å². The van der Waals surface area contributed by atoms with Crippen LogP contribution in [-0.4, -0.2) is 0 Å². The SMILES string of the molecule is CCCCCCCCc1cc2cc3c(cc2s1)sc1cc2sc(CCCCCCCC)cc2cc13. The van der Waals surface area contributed by atoms with Crippen LogP contribution in [0.15, 0.2) is 36.4 Å². The molecule has 0 atom stereocenters. The van der Waals surface area contributed by atoms with Crippen LogP contribution >= 0.6 is 34.0 Å². The van der Waals surface area contributed by atoms with Crippen LogP contribution in [0.3, 0.4) is 0 Å². The van der Waals surface area contributed by atoms with Crippen LogP contribution in [0.1, 0.15) is 101 Å². The van der Waals surface area contributed by atoms with Crippen molar-refractivity contribution in [2.75, 3.05) is 0 Å². The fourth-order valence-corrected chi connectivity index (χ4v) is 8.91. The lowest BCUT2D eigenvalue weighted by Crippen LogP contribution is -1.82. The van der Waals surface area contributed by atoms with Crippen LogP contribution in [0.2, 0.25) is 0 Å². The molecular formula is C32H40S3. The molecule has 5 rings (SSSR count). The molecule has 0 spiro atoms. The molecule has 186 valence electrons. The van der Waals surface area contributed by atoms with Crippen molar-refractivity contribution in [1.82, 2.24) is 0 Å². The summed E-state index contributed by atoms with van der Waals surface area (Å²) in [5.74, 6) is 0. The molecule has 3 heterocycles. The Morgan fingerprint density at radius 2 is 0.857 bits per heavy atom. The third kappa shape index (κ3) is 6.12. The molecule has 0 saturated heterocycles. The molecule has 0 bridgehead atoms. The van der Waals surface area contributed by atoms with Gasteiger partial charge in [0.05, 0.1) is 0 Å². The van der Waals surface area contributed by atoms with E-state index in [1.54, 1.807) is 9.75 Å². The van der Waals surface area contributed by atoms with Crippen LogP contribution in [0.5, 0.6) is 0 Å². The van der Waals surface area contributed by atoms with Crippen molar-refractivity contribution in [2.45, 2.75) is 104 Å². The lowest BCUT2D eigenvalue weighted by atomic mass is 10.1. The molecule has 2 aromatic carbocycles. The zero-order valence-electron chi connectivity index (χ0n) is 21.6. The van der Waals surface area contributed by atoms with E-state index in [9.17, 15) is 0 Å². The lowest BCUT2D eigenvalue weighted by molar-refractivity contribution is 0.609. The summed E-state index contributed by atoms with van der Waals surface area (Å²) in [4.78, 5) is 3.13. The van der Waals surface area contributed by atoms with Gasteiger partial charge in [-0.25, -0.2) is 0 Å². The Kier molecular flexibility index (Phi) is 8.81. The summed E-state index contributed by atoms with van der Waals surface area (Å²) in [5, 5.41) is 5.79. The first-order valence-corrected chi connectivity index (χ1v) is 16.5. The topological polar surface area (TPSA) is 0 Å². The van der Waals surface area contributed by atoms with Crippen molar-refractivity contribution >= 4 is 74.4 Å². The van der Waals surface area contributed by atoms with E-state index in [4.69, 9.17) is 0 Å². The minimum absolute atomic E-state index is 1.25. The number of fused-ring (bicyclic) bond motifs is 5. The number of aryl methyl sites for hydroxylation is 2. The normalized spacial score (nSPS) is 12.2. The van der Waals surface area contributed by atoms with Crippen LogP contribution in [0, 0.1) is 0 Å². The predicted octanol–water partition coefficient (Wildman–Crippen LogP) is 12.3. The second-order valence-electron chi connectivity index (χ2n) is 10.3. The molecule has 0 unspecified atom stereocenters. The smallest absolute Gasteiger partial charge is 0.0369 e. The summed E-state index contributed by atoms with van der Waals surface area (Å²) in [6, 6.07) is 14.8. The van der Waals surface area contributed by atoms with E-state index >= 15 is 0 Å². The van der Waals surface area contributed by atoms with Crippen molar-refractivity contribution in [3.63, 3.8) is 0 Å². The van der Waals surface area contributed by atoms with Crippen molar-refractivity contribution in [3.05, 3.63) is 46.2 Å². The molecule has 3 aromatic heterocycles. The first kappa shape index (κ1) is 25.2. The molecule has 0 radical (unpaired) electrons. The van der Waals surface area contributed by atoms with Gasteiger partial charge in [-0.05, 0) is 72.9 Å². The van der Waals surface area contributed by atoms with Crippen molar-refractivity contribution < 1.29 is 0 Å². The summed E-state index contributed by atoms with van der Waals surface area (Å²) in [7, 11) is 0. The zero-order chi connectivity index (χ0) is 24.0. The average Bonchev–Trinajstić information content (AvgIpc) is 3.54. The summed E-state index contributed by atoms with van der Waals surface area (Å²) < 4.78 is 5.83. The summed E-state index contributed by atoms with van der Waals surface area (Å²) >= 11 is 6.02. The summed E-state index contributed by atoms with van der Waals surface area (Å²) in [6.45, 7) is 4.59. The predicted molar refractivity (Wildman–Crippen MR) is 164 cm³/mol. The highest BCUT2D eigenvalue weighted by atomic mass is 32.1. The maximum atomic E-state index is 2.47. The highest BCUT2D eigenvalue weighted by Gasteiger charge is 2.12. The molecule has 0 fully saturated rings. The summed E-state index contributed by atoms with van der Waals surface area (Å²) in [5.41, 5.74) is 0. The molecule has 35 heavy (non-hydrogen) atoms. The Morgan fingerprint density at radius 3 is 1.31 bits per heavy atom. The van der Waals surface area contributed by atoms with E-state index < -0.39 is 0 Å². The Bertz CT molecular complexity index is 1280. The lowest BCUT2D eigenvalue weighted by Gasteiger charge is -1.98. The van der Waals surface area contributed by atoms with Crippen LogP contribution < -0.4 is 0 Å². The highest BCUT2D eigenvalue weighted by molar-refractivity contribution is 7.27. The maximum absolute atomic E-state index is 2.47. The Balaban J connectivity index is 1.30. The Hall–Kier alpha value is -1.42. The van der Waals surface area contributed by atoms with Crippen molar-refractivity contribution in [3.8, 4) is 0 Å². The number of hydrogen-bond acceptors (Lipinski definition) is 3. The number of rotatable bonds is 14. The van der Waals surface area contributed by atoms with E-state index in [-0.39, 0.29) is 0 Å². The molecule has 0 N–H and O–H groups in total. The van der Waals surface area contributed by atoms with Gasteiger partial charge in [-0.1, -0.05) is 78.1 Å². The first-order chi connectivity index (χ1) is 17.2. The monoisotopic (exact) mass is 520 g/mol. The van der Waals surface area contributed by atoms with Crippen molar-refractivity contribution in [2.24, 2.45) is 0 Å². The standard InChI is InChI=1S/C32H40S3/c1-3-5-7-9-11-13-15-25-17-23-19-27-28-20-24-18-26(16-14-12-10-8-6-4-2)34-30(24)22-32(28)35-31(27)21-29(23)33-25/h17-22H,3-16H2,1-2H3. The van der Waals surface area contributed by atoms with Crippen LogP contribution in [0.4, 0.5) is 0 Å². The number of hydrogen-bond donors (Lipinski definition) is 0. The average molecular weight is 521 g/mol. The number of unbranched alkanes of at least 4 members (excludes halogenated alkanes) is 10. The quantitative estimate of drug-likeness (QED) is 0.128. The molecule has 5 aromatic rings. The molecule has 0 aliphatic rings. The fraction of sp³-hybridized carbons (Fsp3) is 0.500. The van der Waals surface area contributed by atoms with Crippen LogP contribution in [0.25, 0.3) is 40.3 Å². The highest BCUT2D eigenvalue weighted by Crippen LogP contribution is 2.42. The fourth-order valence-electron chi connectivity index (χ4n) is 5.36. The number of benzene rings is 2. The van der Waals surface area contributed by atoms with Crippen molar-refractivity contribution in [1.29, 1.82) is 0 Å². The van der Waals surface area contributed by atoms with Gasteiger partial charge in [0.15, 0.2) is 0 Å². The second-order valence-corrected chi connectivity index (χ2v) is 13.8.